The van der Waals surface area contributed by atoms with Crippen LogP contribution >= 0.6 is 0 Å². The molecule has 3 N–H and O–H groups in total. The Morgan fingerprint density at radius 1 is 1.23 bits per heavy atom. The Hall–Kier alpha value is -3.43. The number of nitrogens with one attached hydrogen (secondary N) is 2. The summed E-state index contributed by atoms with van der Waals surface area (Å²) >= 11 is 0. The number of carboxylic acid groups (broad SMARTS) is 1. The van der Waals surface area contributed by atoms with Gasteiger partial charge in [0.15, 0.2) is 0 Å². The van der Waals surface area contributed by atoms with Crippen LogP contribution in [0, 0.1) is 5.92 Å². The summed E-state index contributed by atoms with van der Waals surface area (Å²) in [6, 6.07) is 4.62. The van der Waals surface area contributed by atoms with E-state index in [-0.39, 0.29) is 11.3 Å². The van der Waals surface area contributed by atoms with Gasteiger partial charge in [-0.1, -0.05) is 26.0 Å². The first kappa shape index (κ1) is 22.3. The molecule has 2 unspecified atom stereocenters. The lowest BCUT2D eigenvalue weighted by Gasteiger charge is -2.28. The third-order valence-electron chi connectivity index (χ3n) is 5.35. The number of aliphatic carboxylic acids is 1. The van der Waals surface area contributed by atoms with Crippen LogP contribution in [0.25, 0.3) is 10.9 Å². The molecule has 1 aliphatic heterocycles. The van der Waals surface area contributed by atoms with Gasteiger partial charge in [0.05, 0.1) is 10.9 Å². The van der Waals surface area contributed by atoms with Crippen LogP contribution in [0.4, 0.5) is 0 Å². The Balaban J connectivity index is 1.81. The maximum atomic E-state index is 13.0. The van der Waals surface area contributed by atoms with Gasteiger partial charge in [-0.25, -0.2) is 9.59 Å². The number of rotatable bonds is 7. The van der Waals surface area contributed by atoms with Crippen LogP contribution in [-0.2, 0) is 20.9 Å². The van der Waals surface area contributed by atoms with Crippen molar-refractivity contribution in [3.8, 4) is 0 Å². The van der Waals surface area contributed by atoms with Gasteiger partial charge in [0, 0.05) is 6.54 Å². The average molecular weight is 430 g/mol. The highest BCUT2D eigenvalue weighted by atomic mass is 16.4. The molecule has 1 aliphatic rings. The molecule has 1 fully saturated rings. The molecule has 166 valence electrons. The minimum atomic E-state index is -1.07. The van der Waals surface area contributed by atoms with Crippen molar-refractivity contribution in [2.45, 2.75) is 51.7 Å². The van der Waals surface area contributed by atoms with Gasteiger partial charge in [0.1, 0.15) is 18.6 Å². The van der Waals surface area contributed by atoms with Gasteiger partial charge in [-0.15, -0.1) is 0 Å². The van der Waals surface area contributed by atoms with E-state index in [1.807, 2.05) is 13.8 Å². The van der Waals surface area contributed by atoms with Crippen molar-refractivity contribution in [2.75, 3.05) is 6.54 Å². The zero-order valence-electron chi connectivity index (χ0n) is 17.5. The van der Waals surface area contributed by atoms with E-state index in [9.17, 15) is 29.1 Å². The molecule has 1 saturated heterocycles. The van der Waals surface area contributed by atoms with E-state index >= 15 is 0 Å². The molecular weight excluding hydrogens is 404 g/mol. The Bertz CT molecular complexity index is 1120. The fourth-order valence-corrected chi connectivity index (χ4v) is 3.91. The van der Waals surface area contributed by atoms with Crippen molar-refractivity contribution >= 4 is 28.7 Å². The van der Waals surface area contributed by atoms with Crippen LogP contribution in [0.15, 0.2) is 33.9 Å². The van der Waals surface area contributed by atoms with Crippen molar-refractivity contribution in [2.24, 2.45) is 5.92 Å². The van der Waals surface area contributed by atoms with Crippen LogP contribution in [0.1, 0.15) is 33.1 Å². The van der Waals surface area contributed by atoms with E-state index in [4.69, 9.17) is 0 Å². The smallest absolute Gasteiger partial charge is 0.329 e. The second kappa shape index (κ2) is 9.15. The minimum Gasteiger partial charge on any atom is -0.480 e. The molecule has 0 aliphatic carbocycles. The molecule has 1 aromatic carbocycles. The van der Waals surface area contributed by atoms with Crippen molar-refractivity contribution in [1.82, 2.24) is 19.8 Å². The summed E-state index contributed by atoms with van der Waals surface area (Å²) in [5.41, 5.74) is -0.960. The SMILES string of the molecule is CC(C)CC(NC(=O)Cn1c(=O)[nH]c2ccccc2c1=O)C(=O)N1CCCC1C(=O)O. The quantitative estimate of drug-likeness (QED) is 0.577. The molecule has 2 atom stereocenters. The van der Waals surface area contributed by atoms with Gasteiger partial charge < -0.3 is 20.3 Å². The Labute approximate surface area is 177 Å². The second-order valence-corrected chi connectivity index (χ2v) is 8.14. The molecule has 10 heteroatoms. The fourth-order valence-electron chi connectivity index (χ4n) is 3.91. The molecule has 1 aromatic heterocycles. The number of hydrogen-bond acceptors (Lipinski definition) is 5. The molecule has 0 saturated carbocycles. The minimum absolute atomic E-state index is 0.0481. The molecule has 2 heterocycles. The molecule has 2 amide bonds. The number of H-pyrrole nitrogens is 1. The Kier molecular flexibility index (Phi) is 6.57. The number of carboxylic acids is 1. The lowest BCUT2D eigenvalue weighted by Crippen LogP contribution is -2.53. The van der Waals surface area contributed by atoms with Gasteiger partial charge in [0.25, 0.3) is 5.56 Å². The molecule has 10 nitrogen and oxygen atoms in total. The lowest BCUT2D eigenvalue weighted by atomic mass is 10.0. The first-order chi connectivity index (χ1) is 14.7. The lowest BCUT2D eigenvalue weighted by molar-refractivity contribution is -0.149. The predicted octanol–water partition coefficient (Wildman–Crippen LogP) is 0.296. The fraction of sp³-hybridized carbons (Fsp3) is 0.476. The van der Waals surface area contributed by atoms with Gasteiger partial charge in [-0.05, 0) is 37.3 Å². The summed E-state index contributed by atoms with van der Waals surface area (Å²) in [6.07, 6.45) is 1.24. The maximum absolute atomic E-state index is 13.0. The Morgan fingerprint density at radius 2 is 1.94 bits per heavy atom. The van der Waals surface area contributed by atoms with E-state index < -0.39 is 47.7 Å². The molecule has 0 bridgehead atoms. The summed E-state index contributed by atoms with van der Waals surface area (Å²) in [6.45, 7) is 3.51. The first-order valence-corrected chi connectivity index (χ1v) is 10.2. The molecule has 2 aromatic rings. The van der Waals surface area contributed by atoms with Gasteiger partial charge in [0.2, 0.25) is 11.8 Å². The van der Waals surface area contributed by atoms with Crippen LogP contribution in [0.2, 0.25) is 0 Å². The van der Waals surface area contributed by atoms with Crippen LogP contribution in [-0.4, -0.2) is 56.0 Å². The Morgan fingerprint density at radius 3 is 2.61 bits per heavy atom. The molecule has 3 rings (SSSR count). The molecule has 31 heavy (non-hydrogen) atoms. The van der Waals surface area contributed by atoms with Crippen molar-refractivity contribution in [3.05, 3.63) is 45.1 Å². The number of para-hydroxylation sites is 1. The maximum Gasteiger partial charge on any atom is 0.329 e. The highest BCUT2D eigenvalue weighted by molar-refractivity contribution is 5.91. The van der Waals surface area contributed by atoms with Crippen LogP contribution < -0.4 is 16.6 Å². The van der Waals surface area contributed by atoms with Gasteiger partial charge >= 0.3 is 11.7 Å². The second-order valence-electron chi connectivity index (χ2n) is 8.14. The predicted molar refractivity (Wildman–Crippen MR) is 113 cm³/mol. The summed E-state index contributed by atoms with van der Waals surface area (Å²) in [4.78, 5) is 65.9. The number of carbonyl (C=O) groups is 3. The van der Waals surface area contributed by atoms with Crippen LogP contribution in [0.5, 0.6) is 0 Å². The van der Waals surface area contributed by atoms with E-state index in [0.717, 1.165) is 4.57 Å². The monoisotopic (exact) mass is 430 g/mol. The average Bonchev–Trinajstić information content (AvgIpc) is 3.20. The van der Waals surface area contributed by atoms with Gasteiger partial charge in [-0.3, -0.25) is 19.0 Å². The van der Waals surface area contributed by atoms with E-state index in [2.05, 4.69) is 10.3 Å². The normalized spacial score (nSPS) is 17.1. The number of aromatic amines is 1. The third kappa shape index (κ3) is 4.84. The number of hydrogen-bond donors (Lipinski definition) is 3. The number of carbonyl (C=O) groups excluding carboxylic acids is 2. The summed E-state index contributed by atoms with van der Waals surface area (Å²) in [5.74, 6) is -2.17. The standard InChI is InChI=1S/C21H26N4O6/c1-12(2)10-15(19(28)24-9-5-8-16(24)20(29)30)22-17(26)11-25-18(27)13-6-3-4-7-14(13)23-21(25)31/h3-4,6-7,12,15-16H,5,8-11H2,1-2H3,(H,22,26)(H,23,31)(H,29,30). The van der Waals surface area contributed by atoms with E-state index in [1.54, 1.807) is 24.3 Å². The van der Waals surface area contributed by atoms with E-state index in [0.29, 0.717) is 31.3 Å². The highest BCUT2D eigenvalue weighted by Gasteiger charge is 2.37. The van der Waals surface area contributed by atoms with Crippen molar-refractivity contribution in [3.63, 3.8) is 0 Å². The summed E-state index contributed by atoms with van der Waals surface area (Å²) < 4.78 is 0.782. The van der Waals surface area contributed by atoms with Crippen LogP contribution in [0.3, 0.4) is 0 Å². The molecule has 0 spiro atoms. The third-order valence-corrected chi connectivity index (χ3v) is 5.35. The number of nitrogens with zero attached hydrogens (tertiary/aromatic N) is 2. The van der Waals surface area contributed by atoms with Crippen molar-refractivity contribution < 1.29 is 19.5 Å². The topological polar surface area (TPSA) is 142 Å². The van der Waals surface area contributed by atoms with E-state index in [1.165, 1.54) is 4.90 Å². The zero-order chi connectivity index (χ0) is 22.7. The number of likely N-dealkylation sites (tertiary alicyclic amines) is 1. The molecular formula is C21H26N4O6. The molecule has 0 radical (unpaired) electrons. The number of aromatic nitrogens is 2. The largest absolute Gasteiger partial charge is 0.480 e. The zero-order valence-corrected chi connectivity index (χ0v) is 17.5. The highest BCUT2D eigenvalue weighted by Crippen LogP contribution is 2.20. The van der Waals surface area contributed by atoms with Crippen molar-refractivity contribution in [1.29, 1.82) is 0 Å². The number of fused-ring (bicyclic) bond motifs is 1. The number of benzene rings is 1. The summed E-state index contributed by atoms with van der Waals surface area (Å²) in [5, 5.41) is 12.2. The van der Waals surface area contributed by atoms with Gasteiger partial charge in [-0.2, -0.15) is 0 Å². The first-order valence-electron chi connectivity index (χ1n) is 10.2. The number of amides is 2. The summed E-state index contributed by atoms with van der Waals surface area (Å²) in [7, 11) is 0.